The Kier molecular flexibility index (Phi) is 2.84. The lowest BCUT2D eigenvalue weighted by Gasteiger charge is -2.31. The third-order valence-corrected chi connectivity index (χ3v) is 4.44. The first-order valence-electron chi connectivity index (χ1n) is 6.79. The number of anilines is 1. The van der Waals surface area contributed by atoms with Gasteiger partial charge in [-0.05, 0) is 37.5 Å². The second kappa shape index (κ2) is 4.38. The minimum Gasteiger partial charge on any atom is -0.312 e. The van der Waals surface area contributed by atoms with E-state index in [9.17, 15) is 9.18 Å². The number of amides is 1. The van der Waals surface area contributed by atoms with Gasteiger partial charge in [0.1, 0.15) is 5.82 Å². The molecular weight excluding hydrogens is 229 g/mol. The molecule has 3 heteroatoms. The first-order chi connectivity index (χ1) is 8.71. The average Bonchev–Trinajstić information content (AvgIpc) is 2.68. The zero-order chi connectivity index (χ0) is 12.6. The zero-order valence-electron chi connectivity index (χ0n) is 10.5. The van der Waals surface area contributed by atoms with Crippen LogP contribution in [0.25, 0.3) is 0 Å². The molecule has 0 radical (unpaired) electrons. The van der Waals surface area contributed by atoms with Gasteiger partial charge in [0.2, 0.25) is 5.91 Å². The van der Waals surface area contributed by atoms with Crippen molar-refractivity contribution in [1.29, 1.82) is 0 Å². The van der Waals surface area contributed by atoms with Crippen LogP contribution in [-0.4, -0.2) is 12.5 Å². The number of nitrogens with zero attached hydrogens (tertiary/aromatic N) is 1. The third-order valence-electron chi connectivity index (χ3n) is 4.44. The first kappa shape index (κ1) is 11.7. The Labute approximate surface area is 107 Å². The smallest absolute Gasteiger partial charge is 0.233 e. The van der Waals surface area contributed by atoms with E-state index in [-0.39, 0.29) is 17.1 Å². The van der Waals surface area contributed by atoms with Gasteiger partial charge >= 0.3 is 0 Å². The Morgan fingerprint density at radius 1 is 1.11 bits per heavy atom. The predicted molar refractivity (Wildman–Crippen MR) is 68.9 cm³/mol. The fourth-order valence-corrected chi connectivity index (χ4v) is 3.40. The molecule has 1 aliphatic carbocycles. The number of halogens is 1. The molecular formula is C15H18FNO. The van der Waals surface area contributed by atoms with Crippen LogP contribution in [0.3, 0.4) is 0 Å². The summed E-state index contributed by atoms with van der Waals surface area (Å²) in [6.45, 7) is 0.738. The van der Waals surface area contributed by atoms with Gasteiger partial charge < -0.3 is 4.90 Å². The number of carbonyl (C=O) groups is 1. The van der Waals surface area contributed by atoms with Gasteiger partial charge in [-0.2, -0.15) is 0 Å². The molecule has 1 saturated heterocycles. The van der Waals surface area contributed by atoms with Crippen LogP contribution in [-0.2, 0) is 4.79 Å². The monoisotopic (exact) mass is 247 g/mol. The van der Waals surface area contributed by atoms with Gasteiger partial charge in [-0.15, -0.1) is 0 Å². The minimum atomic E-state index is -0.273. The van der Waals surface area contributed by atoms with Crippen molar-refractivity contribution in [2.24, 2.45) is 5.41 Å². The van der Waals surface area contributed by atoms with E-state index in [4.69, 9.17) is 0 Å². The predicted octanol–water partition coefficient (Wildman–Crippen LogP) is 3.51. The van der Waals surface area contributed by atoms with E-state index < -0.39 is 0 Å². The zero-order valence-corrected chi connectivity index (χ0v) is 10.5. The quantitative estimate of drug-likeness (QED) is 0.743. The number of rotatable bonds is 1. The SMILES string of the molecule is O=C1N(c2cccc(F)c2)CCC12CCCCC2. The van der Waals surface area contributed by atoms with Crippen LogP contribution in [0.1, 0.15) is 38.5 Å². The van der Waals surface area contributed by atoms with E-state index >= 15 is 0 Å². The minimum absolute atomic E-state index is 0.134. The van der Waals surface area contributed by atoms with Crippen molar-refractivity contribution >= 4 is 11.6 Å². The van der Waals surface area contributed by atoms with Crippen LogP contribution in [0.5, 0.6) is 0 Å². The maximum absolute atomic E-state index is 13.2. The van der Waals surface area contributed by atoms with Crippen molar-refractivity contribution in [3.05, 3.63) is 30.1 Å². The molecule has 1 heterocycles. The lowest BCUT2D eigenvalue weighted by Crippen LogP contribution is -2.36. The van der Waals surface area contributed by atoms with E-state index in [1.165, 1.54) is 18.6 Å². The van der Waals surface area contributed by atoms with Crippen LogP contribution < -0.4 is 4.90 Å². The molecule has 0 bridgehead atoms. The van der Waals surface area contributed by atoms with Crippen LogP contribution in [0.15, 0.2) is 24.3 Å². The summed E-state index contributed by atoms with van der Waals surface area (Å²) in [6, 6.07) is 6.37. The molecule has 0 N–H and O–H groups in total. The largest absolute Gasteiger partial charge is 0.312 e. The lowest BCUT2D eigenvalue weighted by atomic mass is 9.73. The van der Waals surface area contributed by atoms with Crippen molar-refractivity contribution < 1.29 is 9.18 Å². The topological polar surface area (TPSA) is 20.3 Å². The van der Waals surface area contributed by atoms with Crippen molar-refractivity contribution in [3.8, 4) is 0 Å². The van der Waals surface area contributed by atoms with Gasteiger partial charge in [0.15, 0.2) is 0 Å². The number of hydrogen-bond acceptors (Lipinski definition) is 1. The Balaban J connectivity index is 1.86. The summed E-state index contributed by atoms with van der Waals surface area (Å²) in [5, 5.41) is 0. The second-order valence-corrected chi connectivity index (χ2v) is 5.53. The van der Waals surface area contributed by atoms with E-state index in [1.807, 2.05) is 6.07 Å². The molecule has 2 aliphatic rings. The molecule has 1 saturated carbocycles. The number of carbonyl (C=O) groups excluding carboxylic acids is 1. The number of hydrogen-bond donors (Lipinski definition) is 0. The van der Waals surface area contributed by atoms with E-state index in [0.29, 0.717) is 5.69 Å². The van der Waals surface area contributed by atoms with Crippen molar-refractivity contribution in [2.45, 2.75) is 38.5 Å². The van der Waals surface area contributed by atoms with Gasteiger partial charge in [-0.1, -0.05) is 25.3 Å². The fraction of sp³-hybridized carbons (Fsp3) is 0.533. The molecule has 1 aliphatic heterocycles. The van der Waals surface area contributed by atoms with Crippen molar-refractivity contribution in [1.82, 2.24) is 0 Å². The molecule has 0 unspecified atom stereocenters. The van der Waals surface area contributed by atoms with E-state index in [1.54, 1.807) is 11.0 Å². The van der Waals surface area contributed by atoms with Crippen molar-refractivity contribution in [3.63, 3.8) is 0 Å². The van der Waals surface area contributed by atoms with Gasteiger partial charge in [0, 0.05) is 12.2 Å². The normalized spacial score (nSPS) is 22.7. The third kappa shape index (κ3) is 1.82. The molecule has 18 heavy (non-hydrogen) atoms. The van der Waals surface area contributed by atoms with Crippen LogP contribution in [0, 0.1) is 11.2 Å². The van der Waals surface area contributed by atoms with Gasteiger partial charge in [-0.25, -0.2) is 4.39 Å². The highest BCUT2D eigenvalue weighted by Gasteiger charge is 2.47. The van der Waals surface area contributed by atoms with Gasteiger partial charge in [0.05, 0.1) is 5.41 Å². The lowest BCUT2D eigenvalue weighted by molar-refractivity contribution is -0.127. The first-order valence-corrected chi connectivity index (χ1v) is 6.79. The highest BCUT2D eigenvalue weighted by atomic mass is 19.1. The van der Waals surface area contributed by atoms with Crippen LogP contribution >= 0.6 is 0 Å². The molecule has 2 nitrogen and oxygen atoms in total. The Hall–Kier alpha value is -1.38. The second-order valence-electron chi connectivity index (χ2n) is 5.53. The molecule has 1 aromatic carbocycles. The van der Waals surface area contributed by atoms with Crippen molar-refractivity contribution in [2.75, 3.05) is 11.4 Å². The van der Waals surface area contributed by atoms with Gasteiger partial charge in [0.25, 0.3) is 0 Å². The molecule has 0 aromatic heterocycles. The maximum Gasteiger partial charge on any atom is 0.233 e. The van der Waals surface area contributed by atoms with Gasteiger partial charge in [-0.3, -0.25) is 4.79 Å². The van der Waals surface area contributed by atoms with Crippen LogP contribution in [0.4, 0.5) is 10.1 Å². The molecule has 2 fully saturated rings. The standard InChI is InChI=1S/C15H18FNO/c16-12-5-4-6-13(11-12)17-10-9-15(14(17)18)7-2-1-3-8-15/h4-6,11H,1-3,7-10H2. The Bertz CT molecular complexity index is 465. The Morgan fingerprint density at radius 3 is 2.61 bits per heavy atom. The highest BCUT2D eigenvalue weighted by Crippen LogP contribution is 2.45. The molecule has 96 valence electrons. The molecule has 1 amide bonds. The molecule has 1 aromatic rings. The molecule has 1 spiro atoms. The fourth-order valence-electron chi connectivity index (χ4n) is 3.40. The average molecular weight is 247 g/mol. The summed E-state index contributed by atoms with van der Waals surface area (Å²) in [5.41, 5.74) is 0.576. The number of benzene rings is 1. The van der Waals surface area contributed by atoms with E-state index in [0.717, 1.165) is 38.6 Å². The van der Waals surface area contributed by atoms with Crippen LogP contribution in [0.2, 0.25) is 0 Å². The summed E-state index contributed by atoms with van der Waals surface area (Å²) in [7, 11) is 0. The Morgan fingerprint density at radius 2 is 1.89 bits per heavy atom. The summed E-state index contributed by atoms with van der Waals surface area (Å²) >= 11 is 0. The summed E-state index contributed by atoms with van der Waals surface area (Å²) in [6.07, 6.45) is 6.51. The summed E-state index contributed by atoms with van der Waals surface area (Å²) < 4.78 is 13.2. The summed E-state index contributed by atoms with van der Waals surface area (Å²) in [5.74, 6) is -0.0577. The van der Waals surface area contributed by atoms with E-state index in [2.05, 4.69) is 0 Å². The highest BCUT2D eigenvalue weighted by molar-refractivity contribution is 5.99. The molecule has 3 rings (SSSR count). The maximum atomic E-state index is 13.2. The summed E-state index contributed by atoms with van der Waals surface area (Å²) in [4.78, 5) is 14.4. The molecule has 0 atom stereocenters.